The average Bonchev–Trinajstić information content (AvgIpc) is 2.90. The van der Waals surface area contributed by atoms with E-state index in [9.17, 15) is 13.2 Å². The van der Waals surface area contributed by atoms with Crippen LogP contribution in [0.3, 0.4) is 0 Å². The minimum absolute atomic E-state index is 0.110. The molecule has 142 valence electrons. The van der Waals surface area contributed by atoms with Crippen LogP contribution in [0.5, 0.6) is 0 Å². The predicted octanol–water partition coefficient (Wildman–Crippen LogP) is 6.48. The molecule has 0 aliphatic heterocycles. The van der Waals surface area contributed by atoms with Crippen molar-refractivity contribution in [2.45, 2.75) is 18.1 Å². The molecule has 2 aromatic carbocycles. The normalized spacial score (nSPS) is 11.8. The molecule has 9 heteroatoms. The van der Waals surface area contributed by atoms with Gasteiger partial charge in [0, 0.05) is 0 Å². The number of aryl methyl sites for hydroxylation is 1. The Morgan fingerprint density at radius 2 is 1.70 bits per heavy atom. The van der Waals surface area contributed by atoms with Crippen molar-refractivity contribution < 1.29 is 13.2 Å². The summed E-state index contributed by atoms with van der Waals surface area (Å²) in [5, 5.41) is 4.68. The molecule has 2 N–H and O–H groups in total. The van der Waals surface area contributed by atoms with Crippen molar-refractivity contribution in [3.05, 3.63) is 57.6 Å². The molecular formula is C18H14Cl2F3N3S. The molecule has 0 aliphatic carbocycles. The summed E-state index contributed by atoms with van der Waals surface area (Å²) in [6.45, 7) is 1.94. The lowest BCUT2D eigenvalue weighted by Gasteiger charge is -2.13. The maximum Gasteiger partial charge on any atom is 0.416 e. The van der Waals surface area contributed by atoms with Crippen LogP contribution in [0.2, 0.25) is 10.0 Å². The van der Waals surface area contributed by atoms with Crippen molar-refractivity contribution in [2.75, 3.05) is 12.0 Å². The first-order valence-corrected chi connectivity index (χ1v) is 9.68. The van der Waals surface area contributed by atoms with Crippen LogP contribution in [0.15, 0.2) is 41.4 Å². The zero-order valence-corrected chi connectivity index (χ0v) is 16.6. The molecule has 0 bridgehead atoms. The minimum atomic E-state index is -4.56. The van der Waals surface area contributed by atoms with Gasteiger partial charge in [0.2, 0.25) is 0 Å². The van der Waals surface area contributed by atoms with Crippen LogP contribution in [-0.4, -0.2) is 16.0 Å². The Morgan fingerprint density at radius 1 is 1.11 bits per heavy atom. The van der Waals surface area contributed by atoms with Gasteiger partial charge in [0.1, 0.15) is 16.5 Å². The second kappa shape index (κ2) is 7.30. The second-order valence-electron chi connectivity index (χ2n) is 5.78. The third-order valence-electron chi connectivity index (χ3n) is 4.05. The Balaban J connectivity index is 2.25. The summed E-state index contributed by atoms with van der Waals surface area (Å²) >= 11 is 13.6. The summed E-state index contributed by atoms with van der Waals surface area (Å²) in [6, 6.07) is 9.26. The van der Waals surface area contributed by atoms with Crippen LogP contribution in [0.4, 0.5) is 19.0 Å². The zero-order chi connectivity index (χ0) is 19.9. The summed E-state index contributed by atoms with van der Waals surface area (Å²) in [7, 11) is 0. The number of nitrogens with two attached hydrogens (primary N) is 1. The van der Waals surface area contributed by atoms with Gasteiger partial charge in [-0.3, -0.25) is 0 Å². The average molecular weight is 432 g/mol. The molecule has 0 saturated carbocycles. The molecule has 0 fully saturated rings. The Labute approximate surface area is 168 Å². The Kier molecular flexibility index (Phi) is 5.38. The molecule has 0 amide bonds. The minimum Gasteiger partial charge on any atom is -0.383 e. The van der Waals surface area contributed by atoms with Gasteiger partial charge in [0.05, 0.1) is 21.2 Å². The number of rotatable bonds is 3. The van der Waals surface area contributed by atoms with Gasteiger partial charge < -0.3 is 5.73 Å². The number of hydrogen-bond donors (Lipinski definition) is 1. The lowest BCUT2D eigenvalue weighted by Crippen LogP contribution is -2.08. The highest BCUT2D eigenvalue weighted by Crippen LogP contribution is 2.42. The number of hydrogen-bond acceptors (Lipinski definition) is 3. The van der Waals surface area contributed by atoms with E-state index >= 15 is 0 Å². The molecule has 0 unspecified atom stereocenters. The van der Waals surface area contributed by atoms with E-state index in [2.05, 4.69) is 5.10 Å². The number of nitrogen functional groups attached to an aromatic ring is 1. The van der Waals surface area contributed by atoms with Crippen molar-refractivity contribution in [3.63, 3.8) is 0 Å². The second-order valence-corrected chi connectivity index (χ2v) is 7.39. The molecular weight excluding hydrogens is 418 g/mol. The quantitative estimate of drug-likeness (QED) is 0.482. The van der Waals surface area contributed by atoms with Gasteiger partial charge in [0.15, 0.2) is 0 Å². The largest absolute Gasteiger partial charge is 0.416 e. The van der Waals surface area contributed by atoms with E-state index < -0.39 is 11.7 Å². The third kappa shape index (κ3) is 3.63. The zero-order valence-electron chi connectivity index (χ0n) is 14.2. The molecule has 0 radical (unpaired) electrons. The number of halogens is 5. The topological polar surface area (TPSA) is 43.8 Å². The first-order valence-electron chi connectivity index (χ1n) is 7.70. The lowest BCUT2D eigenvalue weighted by molar-refractivity contribution is -0.137. The maximum absolute atomic E-state index is 13.0. The van der Waals surface area contributed by atoms with Crippen molar-refractivity contribution in [1.82, 2.24) is 9.78 Å². The van der Waals surface area contributed by atoms with Crippen LogP contribution in [-0.2, 0) is 6.18 Å². The van der Waals surface area contributed by atoms with Gasteiger partial charge in [0.25, 0.3) is 0 Å². The van der Waals surface area contributed by atoms with E-state index in [0.29, 0.717) is 10.6 Å². The number of benzene rings is 2. The first-order chi connectivity index (χ1) is 12.6. The van der Waals surface area contributed by atoms with Crippen molar-refractivity contribution >= 4 is 40.8 Å². The van der Waals surface area contributed by atoms with Crippen LogP contribution in [0, 0.1) is 6.92 Å². The Morgan fingerprint density at radius 3 is 2.22 bits per heavy atom. The van der Waals surface area contributed by atoms with E-state index in [-0.39, 0.29) is 21.6 Å². The van der Waals surface area contributed by atoms with E-state index in [1.807, 2.05) is 37.4 Å². The molecule has 1 aromatic heterocycles. The molecule has 3 aromatic rings. The highest BCUT2D eigenvalue weighted by molar-refractivity contribution is 7.98. The van der Waals surface area contributed by atoms with E-state index in [1.165, 1.54) is 16.4 Å². The number of thioether (sulfide) groups is 1. The maximum atomic E-state index is 13.0. The third-order valence-corrected chi connectivity index (χ3v) is 5.30. The molecule has 0 spiro atoms. The van der Waals surface area contributed by atoms with Gasteiger partial charge in [-0.25, -0.2) is 4.68 Å². The summed E-state index contributed by atoms with van der Waals surface area (Å²) in [5.74, 6) is 0.247. The molecule has 1 heterocycles. The molecule has 3 nitrogen and oxygen atoms in total. The van der Waals surface area contributed by atoms with Gasteiger partial charge in [-0.15, -0.1) is 11.8 Å². The highest BCUT2D eigenvalue weighted by atomic mass is 35.5. The van der Waals surface area contributed by atoms with Crippen LogP contribution in [0.1, 0.15) is 11.1 Å². The van der Waals surface area contributed by atoms with E-state index in [4.69, 9.17) is 28.9 Å². The van der Waals surface area contributed by atoms with Crippen LogP contribution in [0.25, 0.3) is 16.8 Å². The number of anilines is 1. The molecule has 0 atom stereocenters. The Hall–Kier alpha value is -1.83. The molecule has 27 heavy (non-hydrogen) atoms. The molecule has 0 saturated heterocycles. The number of aromatic nitrogens is 2. The fourth-order valence-electron chi connectivity index (χ4n) is 2.76. The summed E-state index contributed by atoms with van der Waals surface area (Å²) in [5.41, 5.74) is 8.05. The van der Waals surface area contributed by atoms with Gasteiger partial charge in [-0.05, 0) is 36.4 Å². The monoisotopic (exact) mass is 431 g/mol. The standard InChI is InChI=1S/C18H14Cl2F3N3S/c1-9-5-3-4-6-11(9)14-16(24)26(25-17(14)27-2)15-12(19)7-10(8-13(15)20)18(21,22)23/h3-8H,24H2,1-2H3. The summed E-state index contributed by atoms with van der Waals surface area (Å²) in [6.07, 6.45) is -2.72. The van der Waals surface area contributed by atoms with Crippen molar-refractivity contribution in [1.29, 1.82) is 0 Å². The summed E-state index contributed by atoms with van der Waals surface area (Å²) < 4.78 is 40.2. The first kappa shape index (κ1) is 19.9. The SMILES string of the molecule is CSc1nn(-c2c(Cl)cc(C(F)(F)F)cc2Cl)c(N)c1-c1ccccc1C. The van der Waals surface area contributed by atoms with Crippen LogP contribution < -0.4 is 5.73 Å². The highest BCUT2D eigenvalue weighted by Gasteiger charge is 2.33. The van der Waals surface area contributed by atoms with E-state index in [1.54, 1.807) is 0 Å². The lowest BCUT2D eigenvalue weighted by atomic mass is 10.0. The van der Waals surface area contributed by atoms with Crippen molar-refractivity contribution in [2.24, 2.45) is 0 Å². The van der Waals surface area contributed by atoms with Gasteiger partial charge in [-0.1, -0.05) is 47.5 Å². The summed E-state index contributed by atoms with van der Waals surface area (Å²) in [4.78, 5) is 0. The molecule has 0 aliphatic rings. The fourth-order valence-corrected chi connectivity index (χ4v) is 3.99. The van der Waals surface area contributed by atoms with Crippen LogP contribution >= 0.6 is 35.0 Å². The van der Waals surface area contributed by atoms with Gasteiger partial charge in [-0.2, -0.15) is 18.3 Å². The smallest absolute Gasteiger partial charge is 0.383 e. The van der Waals surface area contributed by atoms with E-state index in [0.717, 1.165) is 23.3 Å². The number of nitrogens with zero attached hydrogens (tertiary/aromatic N) is 2. The van der Waals surface area contributed by atoms with Gasteiger partial charge >= 0.3 is 6.18 Å². The fraction of sp³-hybridized carbons (Fsp3) is 0.167. The van der Waals surface area contributed by atoms with Crippen molar-refractivity contribution in [3.8, 4) is 16.8 Å². The number of alkyl halides is 3. The Bertz CT molecular complexity index is 993. The molecule has 3 rings (SSSR count). The predicted molar refractivity (Wildman–Crippen MR) is 105 cm³/mol.